The first kappa shape index (κ1) is 20.8. The van der Waals surface area contributed by atoms with Gasteiger partial charge in [-0.3, -0.25) is 0 Å². The van der Waals surface area contributed by atoms with Gasteiger partial charge >= 0.3 is 12.2 Å². The molecule has 7 heteroatoms. The van der Waals surface area contributed by atoms with Crippen LogP contribution in [0.1, 0.15) is 71.3 Å². The van der Waals surface area contributed by atoms with Crippen molar-refractivity contribution in [1.29, 1.82) is 0 Å². The summed E-state index contributed by atoms with van der Waals surface area (Å²) in [5.74, 6) is 0.283. The number of hydrogen-bond donors (Lipinski definition) is 1. The third-order valence-electron chi connectivity index (χ3n) is 9.40. The Kier molecular flexibility index (Phi) is 4.06. The minimum Gasteiger partial charge on any atom is -0.330 e. The molecule has 0 saturated heterocycles. The summed E-state index contributed by atoms with van der Waals surface area (Å²) in [6.45, 7) is 8.33. The lowest BCUT2D eigenvalue weighted by molar-refractivity contribution is -0.132. The number of fused-ring (bicyclic) bond motifs is 1. The van der Waals surface area contributed by atoms with Gasteiger partial charge in [0.25, 0.3) is 0 Å². The van der Waals surface area contributed by atoms with Crippen molar-refractivity contribution >= 4 is 11.7 Å². The van der Waals surface area contributed by atoms with Crippen molar-refractivity contribution in [2.24, 2.45) is 21.8 Å². The lowest BCUT2D eigenvalue weighted by Gasteiger charge is -2.44. The molecule has 3 saturated carbocycles. The van der Waals surface area contributed by atoms with Crippen LogP contribution in [0.5, 0.6) is 0 Å². The van der Waals surface area contributed by atoms with Crippen molar-refractivity contribution in [2.45, 2.75) is 83.0 Å². The normalized spacial score (nSPS) is 39.6. The molecule has 0 spiro atoms. The fourth-order valence-electron chi connectivity index (χ4n) is 7.53. The number of hydrogen-bond acceptors (Lipinski definition) is 2. The van der Waals surface area contributed by atoms with Crippen molar-refractivity contribution in [3.8, 4) is 0 Å². The lowest BCUT2D eigenvalue weighted by atomic mass is 9.68. The Morgan fingerprint density at radius 3 is 2.42 bits per heavy atom. The fraction of sp³-hybridized carbons (Fsp3) is 0.667. The van der Waals surface area contributed by atoms with Gasteiger partial charge in [0.05, 0.1) is 11.1 Å². The summed E-state index contributed by atoms with van der Waals surface area (Å²) < 4.78 is 39.0. The number of carbonyl (C=O) groups excluding carboxylic acids is 1. The standard InChI is InChI=1S/C24H30F3N3O/c1-20(2)18(15-8-6-5-7-9-15)17(11-13-24(25,26)27)29-30(20)19(31)28-23-14-16-10-12-21(23,3)22(16,23)4/h5-9,16,18H,10-14H2,1-4H3,(H,28,31)/t16-,18?,21-,22?,23-/m1/s1. The van der Waals surface area contributed by atoms with Crippen molar-refractivity contribution < 1.29 is 18.0 Å². The number of hydrazone groups is 1. The van der Waals surface area contributed by atoms with E-state index in [1.54, 1.807) is 0 Å². The first-order chi connectivity index (χ1) is 14.4. The van der Waals surface area contributed by atoms with Gasteiger partial charge in [0.15, 0.2) is 0 Å². The smallest absolute Gasteiger partial charge is 0.330 e. The SMILES string of the molecule is CC1(C)C(c2ccccc2)C(CCC(F)(F)F)=NN1C(=O)N[C@]12C[C@H]3CC[C@]1(C)C32C. The minimum atomic E-state index is -4.27. The van der Waals surface area contributed by atoms with Gasteiger partial charge in [-0.15, -0.1) is 0 Å². The summed E-state index contributed by atoms with van der Waals surface area (Å²) in [7, 11) is 0. The average molecular weight is 434 g/mol. The maximum atomic E-state index is 13.5. The number of benzene rings is 1. The maximum Gasteiger partial charge on any atom is 0.389 e. The molecule has 0 radical (unpaired) electrons. The van der Waals surface area contributed by atoms with E-state index in [0.29, 0.717) is 11.6 Å². The minimum absolute atomic E-state index is 0.117. The van der Waals surface area contributed by atoms with Gasteiger partial charge in [-0.1, -0.05) is 44.2 Å². The highest BCUT2D eigenvalue weighted by atomic mass is 19.4. The van der Waals surface area contributed by atoms with Gasteiger partial charge < -0.3 is 5.32 Å². The molecule has 5 atom stereocenters. The Balaban J connectivity index is 1.43. The quantitative estimate of drug-likeness (QED) is 0.636. The Labute approximate surface area is 181 Å². The molecule has 168 valence electrons. The van der Waals surface area contributed by atoms with Gasteiger partial charge in [-0.2, -0.15) is 18.3 Å². The molecule has 1 aromatic rings. The first-order valence-electron chi connectivity index (χ1n) is 11.2. The zero-order valence-corrected chi connectivity index (χ0v) is 18.5. The van der Waals surface area contributed by atoms with Gasteiger partial charge in [0.1, 0.15) is 0 Å². The van der Waals surface area contributed by atoms with Gasteiger partial charge in [-0.25, -0.2) is 9.80 Å². The first-order valence-corrected chi connectivity index (χ1v) is 11.2. The molecule has 0 aromatic heterocycles. The van der Waals surface area contributed by atoms with E-state index in [2.05, 4.69) is 24.3 Å². The van der Waals surface area contributed by atoms with Crippen molar-refractivity contribution in [3.05, 3.63) is 35.9 Å². The number of alkyl halides is 3. The van der Waals surface area contributed by atoms with Crippen LogP contribution in [0.2, 0.25) is 0 Å². The number of urea groups is 1. The Morgan fingerprint density at radius 1 is 1.19 bits per heavy atom. The van der Waals surface area contributed by atoms with Gasteiger partial charge in [-0.05, 0) is 56.4 Å². The van der Waals surface area contributed by atoms with Crippen LogP contribution in [0.15, 0.2) is 35.4 Å². The molecule has 0 bridgehead atoms. The van der Waals surface area contributed by atoms with E-state index in [9.17, 15) is 18.0 Å². The third-order valence-corrected chi connectivity index (χ3v) is 9.40. The van der Waals surface area contributed by atoms with Crippen LogP contribution in [-0.4, -0.2) is 34.0 Å². The summed E-state index contributed by atoms with van der Waals surface area (Å²) in [4.78, 5) is 13.5. The zero-order chi connectivity index (χ0) is 22.4. The summed E-state index contributed by atoms with van der Waals surface area (Å²) >= 11 is 0. The van der Waals surface area contributed by atoms with E-state index in [0.717, 1.165) is 18.4 Å². The number of carbonyl (C=O) groups is 1. The molecule has 31 heavy (non-hydrogen) atoms. The molecule has 2 amide bonds. The zero-order valence-electron chi connectivity index (χ0n) is 18.5. The fourth-order valence-corrected chi connectivity index (χ4v) is 7.53. The van der Waals surface area contributed by atoms with Crippen LogP contribution in [0.3, 0.4) is 0 Å². The summed E-state index contributed by atoms with van der Waals surface area (Å²) in [6, 6.07) is 9.13. The number of nitrogens with one attached hydrogen (secondary N) is 1. The lowest BCUT2D eigenvalue weighted by Crippen LogP contribution is -2.58. The molecule has 1 aromatic carbocycles. The predicted octanol–water partition coefficient (Wildman–Crippen LogP) is 5.85. The van der Waals surface area contributed by atoms with Crippen LogP contribution in [0.4, 0.5) is 18.0 Å². The van der Waals surface area contributed by atoms with E-state index >= 15 is 0 Å². The van der Waals surface area contributed by atoms with Crippen molar-refractivity contribution in [2.75, 3.05) is 0 Å². The monoisotopic (exact) mass is 433 g/mol. The second-order valence-corrected chi connectivity index (χ2v) is 10.8. The number of halogens is 3. The Morgan fingerprint density at radius 2 is 1.87 bits per heavy atom. The Hall–Kier alpha value is -2.05. The number of nitrogens with zero attached hydrogens (tertiary/aromatic N) is 2. The van der Waals surface area contributed by atoms with Crippen molar-refractivity contribution in [1.82, 2.24) is 10.3 Å². The number of amides is 2. The molecule has 4 nitrogen and oxygen atoms in total. The molecule has 3 fully saturated rings. The highest BCUT2D eigenvalue weighted by Gasteiger charge is 2.93. The van der Waals surface area contributed by atoms with E-state index in [1.807, 2.05) is 44.2 Å². The highest BCUT2D eigenvalue weighted by Crippen LogP contribution is 2.91. The van der Waals surface area contributed by atoms with Gasteiger partial charge in [0.2, 0.25) is 0 Å². The largest absolute Gasteiger partial charge is 0.389 e. The van der Waals surface area contributed by atoms with E-state index in [-0.39, 0.29) is 34.7 Å². The summed E-state index contributed by atoms with van der Waals surface area (Å²) in [5, 5.41) is 9.22. The third kappa shape index (κ3) is 2.49. The van der Waals surface area contributed by atoms with Gasteiger partial charge in [0, 0.05) is 23.5 Å². The molecule has 1 aliphatic heterocycles. The highest BCUT2D eigenvalue weighted by molar-refractivity contribution is 5.96. The topological polar surface area (TPSA) is 44.7 Å². The molecular formula is C24H30F3N3O. The molecule has 1 heterocycles. The van der Waals surface area contributed by atoms with Crippen LogP contribution >= 0.6 is 0 Å². The molecule has 4 aliphatic rings. The van der Waals surface area contributed by atoms with Crippen LogP contribution in [-0.2, 0) is 0 Å². The predicted molar refractivity (Wildman–Crippen MR) is 113 cm³/mol. The van der Waals surface area contributed by atoms with E-state index in [1.165, 1.54) is 11.4 Å². The van der Waals surface area contributed by atoms with Crippen LogP contribution < -0.4 is 5.32 Å². The summed E-state index contributed by atoms with van der Waals surface area (Å²) in [6.07, 6.45) is -2.09. The van der Waals surface area contributed by atoms with Crippen LogP contribution in [0.25, 0.3) is 0 Å². The molecular weight excluding hydrogens is 403 g/mol. The average Bonchev–Trinajstić information content (AvgIpc) is 2.92. The molecule has 1 N–H and O–H groups in total. The molecule has 5 rings (SSSR count). The maximum absolute atomic E-state index is 13.5. The Bertz CT molecular complexity index is 949. The second-order valence-electron chi connectivity index (χ2n) is 10.8. The number of rotatable bonds is 4. The van der Waals surface area contributed by atoms with E-state index in [4.69, 9.17) is 0 Å². The van der Waals surface area contributed by atoms with E-state index < -0.39 is 18.1 Å². The summed E-state index contributed by atoms with van der Waals surface area (Å²) in [5.41, 5.74) is 0.599. The van der Waals surface area contributed by atoms with Crippen molar-refractivity contribution in [3.63, 3.8) is 0 Å². The molecule has 3 aliphatic carbocycles. The molecule has 2 unspecified atom stereocenters. The van der Waals surface area contributed by atoms with Crippen LogP contribution in [0, 0.1) is 16.7 Å². The second kappa shape index (κ2) is 6.04.